The van der Waals surface area contributed by atoms with Gasteiger partial charge in [-0.3, -0.25) is 9.59 Å². The van der Waals surface area contributed by atoms with Crippen molar-refractivity contribution in [2.24, 2.45) is 0 Å². The Hall–Kier alpha value is -2.97. The highest BCUT2D eigenvalue weighted by Crippen LogP contribution is 2.38. The first kappa shape index (κ1) is 19.8. The van der Waals surface area contributed by atoms with Gasteiger partial charge in [-0.15, -0.1) is 22.7 Å². The highest BCUT2D eigenvalue weighted by Gasteiger charge is 2.28. The van der Waals surface area contributed by atoms with E-state index < -0.39 is 23.9 Å². The molecule has 0 aliphatic rings. The number of thiophene rings is 2. The zero-order valence-corrected chi connectivity index (χ0v) is 16.8. The summed E-state index contributed by atoms with van der Waals surface area (Å²) < 4.78 is 10.1. The predicted molar refractivity (Wildman–Crippen MR) is 109 cm³/mol. The van der Waals surface area contributed by atoms with Crippen molar-refractivity contribution in [1.29, 1.82) is 0 Å². The standard InChI is InChI=1S/C20H17NO5S2/c1-12(22)26-17(13-7-4-3-5-8-13)18(23)21-19-16(20(24)25-2)14(11-28-19)15-9-6-10-27-15/h3-11,17H,1-2H3,(H,21,23)/t17-/m1/s1. The molecule has 1 amide bonds. The molecule has 1 N–H and O–H groups in total. The zero-order chi connectivity index (χ0) is 20.1. The minimum Gasteiger partial charge on any atom is -0.465 e. The summed E-state index contributed by atoms with van der Waals surface area (Å²) in [6.07, 6.45) is -1.13. The van der Waals surface area contributed by atoms with Gasteiger partial charge in [0.15, 0.2) is 0 Å². The largest absolute Gasteiger partial charge is 0.465 e. The monoisotopic (exact) mass is 415 g/mol. The molecular formula is C20H17NO5S2. The second-order valence-corrected chi connectivity index (χ2v) is 7.54. The second-order valence-electron chi connectivity index (χ2n) is 5.71. The average Bonchev–Trinajstić information content (AvgIpc) is 3.35. The number of anilines is 1. The van der Waals surface area contributed by atoms with E-state index in [9.17, 15) is 14.4 Å². The lowest BCUT2D eigenvalue weighted by Crippen LogP contribution is -2.25. The molecule has 6 nitrogen and oxygen atoms in total. The lowest BCUT2D eigenvalue weighted by molar-refractivity contribution is -0.152. The number of rotatable bonds is 6. The van der Waals surface area contributed by atoms with Crippen molar-refractivity contribution < 1.29 is 23.9 Å². The summed E-state index contributed by atoms with van der Waals surface area (Å²) in [4.78, 5) is 37.6. The highest BCUT2D eigenvalue weighted by molar-refractivity contribution is 7.17. The number of methoxy groups -OCH3 is 1. The van der Waals surface area contributed by atoms with Gasteiger partial charge in [0.05, 0.1) is 7.11 Å². The zero-order valence-electron chi connectivity index (χ0n) is 15.1. The van der Waals surface area contributed by atoms with Crippen LogP contribution in [0.1, 0.15) is 28.9 Å². The maximum atomic E-state index is 12.9. The SMILES string of the molecule is COC(=O)c1c(-c2cccs2)csc1NC(=O)[C@H](OC(C)=O)c1ccccc1. The Labute approximate surface area is 169 Å². The van der Waals surface area contributed by atoms with Gasteiger partial charge in [-0.05, 0) is 11.4 Å². The van der Waals surface area contributed by atoms with Gasteiger partial charge < -0.3 is 14.8 Å². The fourth-order valence-corrected chi connectivity index (χ4v) is 4.39. The molecule has 0 saturated carbocycles. The summed E-state index contributed by atoms with van der Waals surface area (Å²) in [5.74, 6) is -1.68. The Balaban J connectivity index is 1.94. The molecule has 0 saturated heterocycles. The molecule has 2 aromatic heterocycles. The van der Waals surface area contributed by atoms with Crippen molar-refractivity contribution in [3.63, 3.8) is 0 Å². The van der Waals surface area contributed by atoms with Gasteiger partial charge in [-0.25, -0.2) is 4.79 Å². The molecule has 1 atom stereocenters. The van der Waals surface area contributed by atoms with Crippen LogP contribution in [0.4, 0.5) is 5.00 Å². The Morgan fingerprint density at radius 2 is 1.79 bits per heavy atom. The molecule has 0 bridgehead atoms. The molecule has 0 radical (unpaired) electrons. The van der Waals surface area contributed by atoms with Crippen molar-refractivity contribution in [2.75, 3.05) is 12.4 Å². The highest BCUT2D eigenvalue weighted by atomic mass is 32.1. The van der Waals surface area contributed by atoms with E-state index in [0.717, 1.165) is 4.88 Å². The van der Waals surface area contributed by atoms with Crippen LogP contribution in [-0.2, 0) is 19.1 Å². The lowest BCUT2D eigenvalue weighted by atomic mass is 10.1. The van der Waals surface area contributed by atoms with Crippen LogP contribution in [0.2, 0.25) is 0 Å². The van der Waals surface area contributed by atoms with Crippen LogP contribution >= 0.6 is 22.7 Å². The number of esters is 2. The number of nitrogens with one attached hydrogen (secondary N) is 1. The number of amides is 1. The smallest absolute Gasteiger partial charge is 0.341 e. The van der Waals surface area contributed by atoms with E-state index in [4.69, 9.17) is 9.47 Å². The van der Waals surface area contributed by atoms with E-state index in [1.165, 1.54) is 36.7 Å². The molecule has 0 spiro atoms. The minimum absolute atomic E-state index is 0.276. The summed E-state index contributed by atoms with van der Waals surface area (Å²) in [6.45, 7) is 1.24. The van der Waals surface area contributed by atoms with Gasteiger partial charge in [0.2, 0.25) is 6.10 Å². The maximum Gasteiger partial charge on any atom is 0.341 e. The number of benzene rings is 1. The van der Waals surface area contributed by atoms with Crippen LogP contribution in [0, 0.1) is 0 Å². The van der Waals surface area contributed by atoms with Crippen molar-refractivity contribution >= 4 is 45.5 Å². The van der Waals surface area contributed by atoms with Crippen LogP contribution in [0.25, 0.3) is 10.4 Å². The van der Waals surface area contributed by atoms with Crippen molar-refractivity contribution in [3.8, 4) is 10.4 Å². The first-order valence-corrected chi connectivity index (χ1v) is 10.0. The molecule has 0 fully saturated rings. The summed E-state index contributed by atoms with van der Waals surface area (Å²) >= 11 is 2.69. The molecule has 28 heavy (non-hydrogen) atoms. The first-order valence-electron chi connectivity index (χ1n) is 8.28. The summed E-state index contributed by atoms with van der Waals surface area (Å²) in [5.41, 5.74) is 1.49. The van der Waals surface area contributed by atoms with E-state index in [2.05, 4.69) is 5.32 Å². The normalized spacial score (nSPS) is 11.5. The van der Waals surface area contributed by atoms with E-state index in [0.29, 0.717) is 16.1 Å². The van der Waals surface area contributed by atoms with Crippen molar-refractivity contribution in [2.45, 2.75) is 13.0 Å². The topological polar surface area (TPSA) is 81.7 Å². The quantitative estimate of drug-likeness (QED) is 0.599. The summed E-state index contributed by atoms with van der Waals surface area (Å²) in [5, 5.41) is 6.75. The molecular weight excluding hydrogens is 398 g/mol. The van der Waals surface area contributed by atoms with Gasteiger partial charge >= 0.3 is 11.9 Å². The van der Waals surface area contributed by atoms with Crippen molar-refractivity contribution in [1.82, 2.24) is 0 Å². The fraction of sp³-hybridized carbons (Fsp3) is 0.150. The lowest BCUT2D eigenvalue weighted by Gasteiger charge is -2.17. The third kappa shape index (κ3) is 4.29. The number of ether oxygens (including phenoxy) is 2. The molecule has 2 heterocycles. The second kappa shape index (κ2) is 8.81. The van der Waals surface area contributed by atoms with Crippen LogP contribution in [-0.4, -0.2) is 25.0 Å². The van der Waals surface area contributed by atoms with Crippen molar-refractivity contribution in [3.05, 3.63) is 64.4 Å². The maximum absolute atomic E-state index is 12.9. The molecule has 3 aromatic rings. The third-order valence-electron chi connectivity index (χ3n) is 3.83. The Morgan fingerprint density at radius 3 is 2.39 bits per heavy atom. The molecule has 8 heteroatoms. The number of hydrogen-bond acceptors (Lipinski definition) is 7. The summed E-state index contributed by atoms with van der Waals surface area (Å²) in [6, 6.07) is 12.4. The average molecular weight is 415 g/mol. The number of carbonyl (C=O) groups excluding carboxylic acids is 3. The predicted octanol–water partition coefficient (Wildman–Crippen LogP) is 4.51. The van der Waals surface area contributed by atoms with E-state index in [1.54, 1.807) is 35.7 Å². The molecule has 1 aromatic carbocycles. The van der Waals surface area contributed by atoms with Gasteiger partial charge in [0, 0.05) is 28.3 Å². The van der Waals surface area contributed by atoms with E-state index in [1.807, 2.05) is 17.5 Å². The molecule has 3 rings (SSSR count). The Morgan fingerprint density at radius 1 is 1.04 bits per heavy atom. The third-order valence-corrected chi connectivity index (χ3v) is 5.63. The summed E-state index contributed by atoms with van der Waals surface area (Å²) in [7, 11) is 1.29. The van der Waals surface area contributed by atoms with E-state index in [-0.39, 0.29) is 5.56 Å². The Kier molecular flexibility index (Phi) is 6.23. The van der Waals surface area contributed by atoms with Crippen LogP contribution in [0.15, 0.2) is 53.2 Å². The molecule has 0 aliphatic heterocycles. The molecule has 0 unspecified atom stereocenters. The van der Waals surface area contributed by atoms with Gasteiger partial charge in [-0.2, -0.15) is 0 Å². The van der Waals surface area contributed by atoms with E-state index >= 15 is 0 Å². The molecule has 0 aliphatic carbocycles. The van der Waals surface area contributed by atoms with Gasteiger partial charge in [-0.1, -0.05) is 36.4 Å². The fourth-order valence-electron chi connectivity index (χ4n) is 2.61. The van der Waals surface area contributed by atoms with Gasteiger partial charge in [0.25, 0.3) is 5.91 Å². The molecule has 144 valence electrons. The van der Waals surface area contributed by atoms with Gasteiger partial charge in [0.1, 0.15) is 10.6 Å². The first-order chi connectivity index (χ1) is 13.5. The van der Waals surface area contributed by atoms with Crippen LogP contribution in [0.3, 0.4) is 0 Å². The number of carbonyl (C=O) groups is 3. The van der Waals surface area contributed by atoms with Crippen LogP contribution < -0.4 is 5.32 Å². The van der Waals surface area contributed by atoms with Crippen LogP contribution in [0.5, 0.6) is 0 Å². The number of hydrogen-bond donors (Lipinski definition) is 1. The minimum atomic E-state index is -1.13. The Bertz CT molecular complexity index is 979.